The van der Waals surface area contributed by atoms with E-state index >= 15 is 0 Å². The van der Waals surface area contributed by atoms with Crippen LogP contribution in [0.5, 0.6) is 0 Å². The zero-order chi connectivity index (χ0) is 19.3. The third kappa shape index (κ3) is 5.08. The third-order valence-electron chi connectivity index (χ3n) is 3.79. The molecular formula is C19H19F3N2O2. The molecule has 0 atom stereocenters. The number of anilines is 1. The highest BCUT2D eigenvalue weighted by atomic mass is 19.4. The van der Waals surface area contributed by atoms with Crippen molar-refractivity contribution in [3.63, 3.8) is 0 Å². The molecular weight excluding hydrogens is 345 g/mol. The van der Waals surface area contributed by atoms with Gasteiger partial charge in [0.2, 0.25) is 5.91 Å². The Kier molecular flexibility index (Phi) is 6.02. The summed E-state index contributed by atoms with van der Waals surface area (Å²) >= 11 is 0. The predicted molar refractivity (Wildman–Crippen MR) is 93.0 cm³/mol. The van der Waals surface area contributed by atoms with Crippen molar-refractivity contribution in [1.29, 1.82) is 0 Å². The van der Waals surface area contributed by atoms with Crippen LogP contribution in [0.15, 0.2) is 48.5 Å². The molecule has 138 valence electrons. The average Bonchev–Trinajstić information content (AvgIpc) is 2.57. The summed E-state index contributed by atoms with van der Waals surface area (Å²) in [4.78, 5) is 25.2. The Labute approximate surface area is 149 Å². The van der Waals surface area contributed by atoms with Crippen LogP contribution in [0.1, 0.15) is 28.4 Å². The van der Waals surface area contributed by atoms with Crippen LogP contribution < -0.4 is 10.2 Å². The number of alkyl halides is 3. The van der Waals surface area contributed by atoms with Crippen molar-refractivity contribution in [3.8, 4) is 0 Å². The van der Waals surface area contributed by atoms with Gasteiger partial charge in [-0.25, -0.2) is 0 Å². The lowest BCUT2D eigenvalue weighted by molar-refractivity contribution is -0.137. The maximum Gasteiger partial charge on any atom is 0.416 e. The lowest BCUT2D eigenvalue weighted by Gasteiger charge is -2.22. The van der Waals surface area contributed by atoms with Crippen LogP contribution in [0.2, 0.25) is 0 Å². The number of hydrogen-bond acceptors (Lipinski definition) is 2. The maximum absolute atomic E-state index is 12.6. The van der Waals surface area contributed by atoms with Crippen molar-refractivity contribution in [2.75, 3.05) is 18.0 Å². The summed E-state index contributed by atoms with van der Waals surface area (Å²) in [6.07, 6.45) is -4.43. The number of aryl methyl sites for hydroxylation is 1. The lowest BCUT2D eigenvalue weighted by atomic mass is 10.1. The smallest absolute Gasteiger partial charge is 0.350 e. The maximum atomic E-state index is 12.6. The molecule has 0 unspecified atom stereocenters. The molecule has 26 heavy (non-hydrogen) atoms. The lowest BCUT2D eigenvalue weighted by Crippen LogP contribution is -2.37. The normalized spacial score (nSPS) is 11.1. The third-order valence-corrected chi connectivity index (χ3v) is 3.79. The first-order valence-electron chi connectivity index (χ1n) is 7.98. The van der Waals surface area contributed by atoms with Gasteiger partial charge in [0.05, 0.1) is 5.56 Å². The Morgan fingerprint density at radius 2 is 1.73 bits per heavy atom. The van der Waals surface area contributed by atoms with E-state index in [1.165, 1.54) is 24.0 Å². The number of amides is 2. The van der Waals surface area contributed by atoms with Gasteiger partial charge in [-0.2, -0.15) is 13.2 Å². The van der Waals surface area contributed by atoms with Crippen molar-refractivity contribution in [1.82, 2.24) is 5.32 Å². The summed E-state index contributed by atoms with van der Waals surface area (Å²) < 4.78 is 37.9. The Morgan fingerprint density at radius 1 is 1.08 bits per heavy atom. The first kappa shape index (κ1) is 19.5. The van der Waals surface area contributed by atoms with Crippen LogP contribution in [0.3, 0.4) is 0 Å². The molecule has 0 radical (unpaired) electrons. The summed E-state index contributed by atoms with van der Waals surface area (Å²) in [5, 5.41) is 2.70. The molecule has 4 nitrogen and oxygen atoms in total. The van der Waals surface area contributed by atoms with Gasteiger partial charge in [-0.05, 0) is 43.3 Å². The second-order valence-corrected chi connectivity index (χ2v) is 5.84. The van der Waals surface area contributed by atoms with E-state index in [9.17, 15) is 22.8 Å². The van der Waals surface area contributed by atoms with Crippen molar-refractivity contribution in [3.05, 3.63) is 65.2 Å². The molecule has 0 bridgehead atoms. The minimum absolute atomic E-state index is 0.151. The van der Waals surface area contributed by atoms with Crippen LogP contribution in [-0.2, 0) is 11.0 Å². The van der Waals surface area contributed by atoms with Gasteiger partial charge in [0.1, 0.15) is 0 Å². The molecule has 0 aromatic heterocycles. The second-order valence-electron chi connectivity index (χ2n) is 5.84. The van der Waals surface area contributed by atoms with Crippen molar-refractivity contribution < 1.29 is 22.8 Å². The van der Waals surface area contributed by atoms with Crippen LogP contribution in [0.4, 0.5) is 18.9 Å². The zero-order valence-electron chi connectivity index (χ0n) is 14.4. The predicted octanol–water partition coefficient (Wildman–Crippen LogP) is 3.80. The molecule has 1 N–H and O–H groups in total. The fourth-order valence-electron chi connectivity index (χ4n) is 2.47. The fraction of sp³-hybridized carbons (Fsp3) is 0.263. The number of benzene rings is 2. The van der Waals surface area contributed by atoms with E-state index in [1.807, 2.05) is 13.0 Å². The number of nitrogens with zero attached hydrogens (tertiary/aromatic N) is 1. The average molecular weight is 364 g/mol. The van der Waals surface area contributed by atoms with Crippen LogP contribution in [0, 0.1) is 6.92 Å². The van der Waals surface area contributed by atoms with Gasteiger partial charge >= 0.3 is 6.18 Å². The Morgan fingerprint density at radius 3 is 2.27 bits per heavy atom. The largest absolute Gasteiger partial charge is 0.416 e. The van der Waals surface area contributed by atoms with E-state index < -0.39 is 11.7 Å². The van der Waals surface area contributed by atoms with Gasteiger partial charge < -0.3 is 10.2 Å². The van der Waals surface area contributed by atoms with Gasteiger partial charge in [-0.1, -0.05) is 17.7 Å². The van der Waals surface area contributed by atoms with E-state index in [1.54, 1.807) is 18.2 Å². The van der Waals surface area contributed by atoms with Crippen molar-refractivity contribution in [2.45, 2.75) is 20.0 Å². The molecule has 0 saturated carbocycles. The molecule has 2 aromatic rings. The fourth-order valence-corrected chi connectivity index (χ4v) is 2.47. The van der Waals surface area contributed by atoms with Gasteiger partial charge in [-0.15, -0.1) is 0 Å². The van der Waals surface area contributed by atoms with E-state index in [4.69, 9.17) is 0 Å². The van der Waals surface area contributed by atoms with Gasteiger partial charge in [-0.3, -0.25) is 9.59 Å². The topological polar surface area (TPSA) is 49.4 Å². The molecule has 2 rings (SSSR count). The number of halogens is 3. The van der Waals surface area contributed by atoms with E-state index in [0.717, 1.165) is 17.7 Å². The molecule has 7 heteroatoms. The highest BCUT2D eigenvalue weighted by Crippen LogP contribution is 2.30. The summed E-state index contributed by atoms with van der Waals surface area (Å²) in [6.45, 7) is 3.52. The van der Waals surface area contributed by atoms with Crippen LogP contribution >= 0.6 is 0 Å². The molecule has 0 spiro atoms. The number of carbonyl (C=O) groups is 2. The summed E-state index contributed by atoms with van der Waals surface area (Å²) in [6, 6.07) is 11.4. The Balaban J connectivity index is 2.00. The zero-order valence-corrected chi connectivity index (χ0v) is 14.4. The van der Waals surface area contributed by atoms with Crippen LogP contribution in [-0.4, -0.2) is 24.9 Å². The summed E-state index contributed by atoms with van der Waals surface area (Å²) in [5.74, 6) is -0.598. The summed E-state index contributed by atoms with van der Waals surface area (Å²) in [5.41, 5.74) is 1.02. The van der Waals surface area contributed by atoms with Gasteiger partial charge in [0, 0.05) is 31.3 Å². The molecule has 0 aliphatic carbocycles. The second kappa shape index (κ2) is 8.03. The van der Waals surface area contributed by atoms with Crippen molar-refractivity contribution >= 4 is 17.5 Å². The first-order valence-corrected chi connectivity index (χ1v) is 7.98. The highest BCUT2D eigenvalue weighted by Gasteiger charge is 2.30. The number of nitrogens with one attached hydrogen (secondary N) is 1. The molecule has 0 aliphatic rings. The standard InChI is InChI=1S/C19H19F3N2O2/c1-13-4-3-5-15(12-13)18(26)23-10-11-24(14(2)25)17-8-6-16(7-9-17)19(20,21)22/h3-9,12H,10-11H2,1-2H3,(H,23,26). The van der Waals surface area contributed by atoms with Crippen molar-refractivity contribution in [2.24, 2.45) is 0 Å². The quantitative estimate of drug-likeness (QED) is 0.877. The summed E-state index contributed by atoms with van der Waals surface area (Å²) in [7, 11) is 0. The van der Waals surface area contributed by atoms with Gasteiger partial charge in [0.25, 0.3) is 5.91 Å². The molecule has 2 aromatic carbocycles. The highest BCUT2D eigenvalue weighted by molar-refractivity contribution is 5.95. The molecule has 0 aliphatic heterocycles. The minimum Gasteiger partial charge on any atom is -0.350 e. The SMILES string of the molecule is CC(=O)N(CCNC(=O)c1cccc(C)c1)c1ccc(C(F)(F)F)cc1. The molecule has 2 amide bonds. The van der Waals surface area contributed by atoms with Gasteiger partial charge in [0.15, 0.2) is 0 Å². The number of rotatable bonds is 5. The van der Waals surface area contributed by atoms with E-state index in [-0.39, 0.29) is 24.9 Å². The van der Waals surface area contributed by atoms with E-state index in [2.05, 4.69) is 5.32 Å². The molecule has 0 heterocycles. The van der Waals surface area contributed by atoms with Crippen LogP contribution in [0.25, 0.3) is 0 Å². The molecule has 0 fully saturated rings. The first-order chi connectivity index (χ1) is 12.2. The minimum atomic E-state index is -4.43. The van der Waals surface area contributed by atoms with E-state index in [0.29, 0.717) is 11.3 Å². The monoisotopic (exact) mass is 364 g/mol. The Bertz CT molecular complexity index is 786. The Hall–Kier alpha value is -2.83. The molecule has 0 saturated heterocycles. The number of carbonyl (C=O) groups excluding carboxylic acids is 2. The number of hydrogen-bond donors (Lipinski definition) is 1.